The minimum Gasteiger partial charge on any atom is -0.486 e. The molecule has 35 heavy (non-hydrogen) atoms. The molecule has 1 aliphatic heterocycles. The van der Waals surface area contributed by atoms with Crippen LogP contribution < -0.4 is 10.1 Å². The predicted octanol–water partition coefficient (Wildman–Crippen LogP) is 6.40. The highest BCUT2D eigenvalue weighted by Gasteiger charge is 2.29. The number of nitrogens with zero attached hydrogens (tertiary/aromatic N) is 3. The van der Waals surface area contributed by atoms with E-state index in [0.29, 0.717) is 30.2 Å². The van der Waals surface area contributed by atoms with Crippen molar-refractivity contribution in [2.24, 2.45) is 0 Å². The second kappa shape index (κ2) is 9.41. The van der Waals surface area contributed by atoms with Gasteiger partial charge in [0.25, 0.3) is 5.91 Å². The lowest BCUT2D eigenvalue weighted by molar-refractivity contribution is 0.0787. The maximum absolute atomic E-state index is 15.2. The van der Waals surface area contributed by atoms with Gasteiger partial charge in [-0.2, -0.15) is 0 Å². The van der Waals surface area contributed by atoms with Crippen LogP contribution in [0.5, 0.6) is 5.75 Å². The van der Waals surface area contributed by atoms with Crippen LogP contribution in [0.4, 0.5) is 14.6 Å². The van der Waals surface area contributed by atoms with Crippen LogP contribution in [0.3, 0.4) is 0 Å². The summed E-state index contributed by atoms with van der Waals surface area (Å²) in [6, 6.07) is 4.83. The van der Waals surface area contributed by atoms with Crippen LogP contribution in [-0.2, 0) is 6.54 Å². The molecule has 1 amide bonds. The zero-order valence-electron chi connectivity index (χ0n) is 20.2. The molecule has 0 aliphatic carbocycles. The number of rotatable bonds is 6. The van der Waals surface area contributed by atoms with Gasteiger partial charge in [0.2, 0.25) is 0 Å². The summed E-state index contributed by atoms with van der Waals surface area (Å²) < 4.78 is 36.2. The Balaban J connectivity index is 1.62. The Hall–Kier alpha value is -3.26. The van der Waals surface area contributed by atoms with E-state index in [1.165, 1.54) is 18.5 Å². The molecule has 0 radical (unpaired) electrons. The van der Waals surface area contributed by atoms with Crippen molar-refractivity contribution >= 4 is 23.3 Å². The highest BCUT2D eigenvalue weighted by atomic mass is 35.5. The number of benzene rings is 1. The average Bonchev–Trinajstić information content (AvgIpc) is 3.12. The zero-order chi connectivity index (χ0) is 25.5. The zero-order valence-corrected chi connectivity index (χ0v) is 21.0. The summed E-state index contributed by atoms with van der Waals surface area (Å²) in [5.74, 6) is -0.484. The Labute approximate surface area is 208 Å². The van der Waals surface area contributed by atoms with E-state index >= 15 is 8.78 Å². The predicted molar refractivity (Wildman–Crippen MR) is 132 cm³/mol. The number of anilines is 1. The molecule has 4 rings (SSSR count). The smallest absolute Gasteiger partial charge is 0.254 e. The molecular formula is C26H27ClF2N4O2. The summed E-state index contributed by atoms with van der Waals surface area (Å²) in [5.41, 5.74) is 1.12. The van der Waals surface area contributed by atoms with E-state index in [1.807, 2.05) is 27.7 Å². The first-order valence-corrected chi connectivity index (χ1v) is 11.7. The van der Waals surface area contributed by atoms with Gasteiger partial charge in [-0.1, -0.05) is 11.6 Å². The van der Waals surface area contributed by atoms with E-state index in [-0.39, 0.29) is 27.8 Å². The monoisotopic (exact) mass is 500 g/mol. The molecule has 3 heterocycles. The van der Waals surface area contributed by atoms with Crippen LogP contribution >= 0.6 is 11.6 Å². The highest BCUT2D eigenvalue weighted by molar-refractivity contribution is 6.32. The van der Waals surface area contributed by atoms with E-state index in [9.17, 15) is 4.79 Å². The molecule has 3 aromatic rings. The third-order valence-electron chi connectivity index (χ3n) is 5.72. The molecule has 0 bridgehead atoms. The molecule has 0 fully saturated rings. The van der Waals surface area contributed by atoms with E-state index in [2.05, 4.69) is 15.3 Å². The molecule has 9 heteroatoms. The molecule has 184 valence electrons. The topological polar surface area (TPSA) is 67.3 Å². The molecule has 6 nitrogen and oxygen atoms in total. The molecule has 0 saturated heterocycles. The van der Waals surface area contributed by atoms with Gasteiger partial charge in [0.15, 0.2) is 0 Å². The fourth-order valence-corrected chi connectivity index (χ4v) is 4.16. The summed E-state index contributed by atoms with van der Waals surface area (Å²) in [6.45, 7) is 10.2. The van der Waals surface area contributed by atoms with E-state index in [1.54, 1.807) is 17.9 Å². The van der Waals surface area contributed by atoms with Crippen molar-refractivity contribution in [3.8, 4) is 17.0 Å². The number of carbonyl (C=O) groups excluding carboxylic acids is 1. The third-order valence-corrected chi connectivity index (χ3v) is 6.01. The first-order chi connectivity index (χ1) is 16.5. The fourth-order valence-electron chi connectivity index (χ4n) is 4.01. The van der Waals surface area contributed by atoms with Crippen LogP contribution in [0.2, 0.25) is 5.02 Å². The number of hydrogen-bond acceptors (Lipinski definition) is 5. The number of fused-ring (bicyclic) bond motifs is 1. The van der Waals surface area contributed by atoms with Crippen LogP contribution in [0.1, 0.15) is 62.1 Å². The largest absolute Gasteiger partial charge is 0.486 e. The number of amides is 1. The molecule has 0 saturated carbocycles. The Morgan fingerprint density at radius 1 is 1.17 bits per heavy atom. The van der Waals surface area contributed by atoms with Gasteiger partial charge in [-0.3, -0.25) is 9.78 Å². The second-order valence-electron chi connectivity index (χ2n) is 9.44. The first-order valence-electron chi connectivity index (χ1n) is 11.4. The molecule has 2 aromatic heterocycles. The Morgan fingerprint density at radius 3 is 2.60 bits per heavy atom. The first kappa shape index (κ1) is 24.9. The van der Waals surface area contributed by atoms with Crippen LogP contribution in [0.15, 0.2) is 36.7 Å². The highest BCUT2D eigenvalue weighted by Crippen LogP contribution is 2.35. The quantitative estimate of drug-likeness (QED) is 0.424. The van der Waals surface area contributed by atoms with Crippen LogP contribution in [0.25, 0.3) is 11.3 Å². The van der Waals surface area contributed by atoms with Gasteiger partial charge in [0.1, 0.15) is 33.8 Å². The van der Waals surface area contributed by atoms with E-state index < -0.39 is 23.3 Å². The maximum atomic E-state index is 15.2. The molecule has 1 aliphatic rings. The lowest BCUT2D eigenvalue weighted by atomic mass is 10.0. The van der Waals surface area contributed by atoms with E-state index in [4.69, 9.17) is 16.3 Å². The molecule has 0 spiro atoms. The minimum atomic E-state index is -0.634. The van der Waals surface area contributed by atoms with Gasteiger partial charge in [-0.25, -0.2) is 13.8 Å². The molecule has 1 aromatic carbocycles. The van der Waals surface area contributed by atoms with Crippen LogP contribution in [-0.4, -0.2) is 32.9 Å². The number of nitrogens with one attached hydrogen (secondary N) is 1. The summed E-state index contributed by atoms with van der Waals surface area (Å²) >= 11 is 6.18. The normalized spacial score (nSPS) is 14.2. The average molecular weight is 501 g/mol. The van der Waals surface area contributed by atoms with Gasteiger partial charge in [-0.15, -0.1) is 0 Å². The van der Waals surface area contributed by atoms with Crippen molar-refractivity contribution in [2.75, 3.05) is 11.9 Å². The second-order valence-corrected chi connectivity index (χ2v) is 9.85. The standard InChI is InChI=1S/C26H27ClF2N4O2/c1-6-33-13-18-15(25(33)34)7-8-30-24(18)32-14(2)16-9-21(29)17(10-20(16)28)22-11-23(19(27)12-31-22)35-26(3,4)5/h7-12,14H,6,13H2,1-5H3,(H,30,32)/t14-/m0/s1. The van der Waals surface area contributed by atoms with Gasteiger partial charge in [-0.05, 0) is 52.8 Å². The Bertz CT molecular complexity index is 1290. The lowest BCUT2D eigenvalue weighted by Gasteiger charge is -2.22. The van der Waals surface area contributed by atoms with Gasteiger partial charge >= 0.3 is 0 Å². The minimum absolute atomic E-state index is 0.00297. The molecule has 1 atom stereocenters. The fraction of sp³-hybridized carbons (Fsp3) is 0.346. The van der Waals surface area contributed by atoms with Gasteiger partial charge in [0.05, 0.1) is 18.3 Å². The number of hydrogen-bond donors (Lipinski definition) is 1. The number of halogens is 3. The summed E-state index contributed by atoms with van der Waals surface area (Å²) in [5, 5.41) is 3.42. The molecular weight excluding hydrogens is 474 g/mol. The molecule has 0 unspecified atom stereocenters. The maximum Gasteiger partial charge on any atom is 0.254 e. The van der Waals surface area contributed by atoms with Crippen molar-refractivity contribution < 1.29 is 18.3 Å². The SMILES string of the molecule is CCN1Cc2c(ccnc2N[C@@H](C)c2cc(F)c(-c3cc(OC(C)(C)C)c(Cl)cn3)cc2F)C1=O. The number of carbonyl (C=O) groups is 1. The van der Waals surface area contributed by atoms with Crippen molar-refractivity contribution in [3.63, 3.8) is 0 Å². The molecule has 1 N–H and O–H groups in total. The lowest BCUT2D eigenvalue weighted by Crippen LogP contribution is -2.23. The van der Waals surface area contributed by atoms with Crippen molar-refractivity contribution in [1.29, 1.82) is 0 Å². The number of pyridine rings is 2. The Morgan fingerprint density at radius 2 is 1.91 bits per heavy atom. The summed E-state index contributed by atoms with van der Waals surface area (Å²) in [7, 11) is 0. The van der Waals surface area contributed by atoms with E-state index in [0.717, 1.165) is 17.7 Å². The van der Waals surface area contributed by atoms with Crippen molar-refractivity contribution in [3.05, 3.63) is 70.0 Å². The van der Waals surface area contributed by atoms with Crippen molar-refractivity contribution in [2.45, 2.75) is 52.8 Å². The van der Waals surface area contributed by atoms with Gasteiger partial charge in [0, 0.05) is 47.3 Å². The summed E-state index contributed by atoms with van der Waals surface area (Å²) in [6.07, 6.45) is 2.89. The van der Waals surface area contributed by atoms with Crippen molar-refractivity contribution in [1.82, 2.24) is 14.9 Å². The number of ether oxygens (including phenoxy) is 1. The number of aromatic nitrogens is 2. The van der Waals surface area contributed by atoms with Crippen LogP contribution in [0, 0.1) is 11.6 Å². The third kappa shape index (κ3) is 5.07. The van der Waals surface area contributed by atoms with Gasteiger partial charge < -0.3 is 15.0 Å². The summed E-state index contributed by atoms with van der Waals surface area (Å²) in [4.78, 5) is 22.7. The Kier molecular flexibility index (Phi) is 6.68.